The Morgan fingerprint density at radius 2 is 1.04 bits per heavy atom. The summed E-state index contributed by atoms with van der Waals surface area (Å²) in [5.41, 5.74) is 1.95. The normalized spacial score (nSPS) is 11.2. The molecule has 0 aliphatic rings. The molecule has 1 rings (SSSR count). The van der Waals surface area contributed by atoms with Crippen molar-refractivity contribution in [3.05, 3.63) is 23.5 Å². The maximum absolute atomic E-state index is 10.9. The van der Waals surface area contributed by atoms with E-state index in [2.05, 4.69) is 11.9 Å². The molecule has 162 valence electrons. The van der Waals surface area contributed by atoms with Gasteiger partial charge in [-0.3, -0.25) is 4.79 Å². The lowest BCUT2D eigenvalue weighted by molar-refractivity contribution is 0.111. The van der Waals surface area contributed by atoms with Crippen molar-refractivity contribution >= 4 is 6.29 Å². The van der Waals surface area contributed by atoms with Gasteiger partial charge in [-0.25, -0.2) is 0 Å². The number of rotatable bonds is 21. The molecule has 28 heavy (non-hydrogen) atoms. The Hall–Kier alpha value is -1.05. The van der Waals surface area contributed by atoms with E-state index in [4.69, 9.17) is 0 Å². The van der Waals surface area contributed by atoms with Crippen LogP contribution in [0.25, 0.3) is 0 Å². The number of hydrogen-bond donors (Lipinski definition) is 1. The van der Waals surface area contributed by atoms with Gasteiger partial charge in [0.25, 0.3) is 0 Å². The van der Waals surface area contributed by atoms with E-state index in [-0.39, 0.29) is 0 Å². The Kier molecular flexibility index (Phi) is 17.2. The topological polar surface area (TPSA) is 32.9 Å². The molecule has 0 spiro atoms. The van der Waals surface area contributed by atoms with E-state index < -0.39 is 0 Å². The van der Waals surface area contributed by atoms with Gasteiger partial charge in [-0.1, -0.05) is 122 Å². The monoisotopic (exact) mass is 389 g/mol. The number of carbonyl (C=O) groups excluding carboxylic acids is 1. The summed E-state index contributed by atoms with van der Waals surface area (Å²) in [5.74, 6) is 0. The summed E-state index contributed by atoms with van der Waals surface area (Å²) >= 11 is 0. The van der Waals surface area contributed by atoms with E-state index in [1.54, 1.807) is 0 Å². The molecule has 0 aliphatic heterocycles. The molecule has 1 aromatic rings. The maximum Gasteiger partial charge on any atom is 0.166 e. The molecule has 2 nitrogen and oxygen atoms in total. The zero-order chi connectivity index (χ0) is 20.1. The molecule has 0 aliphatic carbocycles. The second kappa shape index (κ2) is 19.3. The summed E-state index contributed by atoms with van der Waals surface area (Å²) < 4.78 is 0. The van der Waals surface area contributed by atoms with Crippen LogP contribution < -0.4 is 0 Å². The molecule has 2 heteroatoms. The van der Waals surface area contributed by atoms with Crippen molar-refractivity contribution in [1.82, 2.24) is 4.98 Å². The van der Waals surface area contributed by atoms with E-state index in [9.17, 15) is 4.79 Å². The molecule has 0 atom stereocenters. The number of aryl methyl sites for hydroxylation is 1. The van der Waals surface area contributed by atoms with Crippen LogP contribution in [0.15, 0.2) is 12.3 Å². The van der Waals surface area contributed by atoms with Crippen molar-refractivity contribution in [1.29, 1.82) is 0 Å². The maximum atomic E-state index is 10.9. The van der Waals surface area contributed by atoms with Gasteiger partial charge in [0.1, 0.15) is 0 Å². The molecule has 0 bridgehead atoms. The van der Waals surface area contributed by atoms with Crippen LogP contribution in [0, 0.1) is 0 Å². The Bertz CT molecular complexity index is 451. The van der Waals surface area contributed by atoms with E-state index in [1.807, 2.05) is 12.3 Å². The first kappa shape index (κ1) is 25.0. The number of unbranched alkanes of at least 4 members (excludes halogenated alkanes) is 18. The first-order valence-electron chi connectivity index (χ1n) is 12.5. The Morgan fingerprint density at radius 1 is 0.643 bits per heavy atom. The summed E-state index contributed by atoms with van der Waals surface area (Å²) in [7, 11) is 0. The fourth-order valence-corrected chi connectivity index (χ4v) is 4.14. The number of nitrogens with one attached hydrogen (secondary N) is 1. The second-order valence-corrected chi connectivity index (χ2v) is 8.65. The molecule has 0 fully saturated rings. The van der Waals surface area contributed by atoms with Gasteiger partial charge in [-0.2, -0.15) is 0 Å². The first-order chi connectivity index (χ1) is 13.9. The molecule has 0 saturated carbocycles. The number of hydrogen-bond acceptors (Lipinski definition) is 1. The van der Waals surface area contributed by atoms with Crippen molar-refractivity contribution in [2.45, 2.75) is 135 Å². The summed E-state index contributed by atoms with van der Waals surface area (Å²) in [4.78, 5) is 13.9. The number of aromatic amines is 1. The van der Waals surface area contributed by atoms with Gasteiger partial charge in [0.05, 0.1) is 5.69 Å². The summed E-state index contributed by atoms with van der Waals surface area (Å²) in [6, 6.07) is 2.04. The van der Waals surface area contributed by atoms with Crippen LogP contribution in [-0.4, -0.2) is 11.3 Å². The van der Waals surface area contributed by atoms with Crippen molar-refractivity contribution in [3.63, 3.8) is 0 Å². The lowest BCUT2D eigenvalue weighted by Gasteiger charge is -2.04. The Morgan fingerprint density at radius 3 is 1.43 bits per heavy atom. The molecule has 0 aromatic carbocycles. The van der Waals surface area contributed by atoms with Crippen molar-refractivity contribution in [3.8, 4) is 0 Å². The molecule has 1 aromatic heterocycles. The van der Waals surface area contributed by atoms with Crippen molar-refractivity contribution in [2.75, 3.05) is 0 Å². The number of aromatic nitrogens is 1. The number of H-pyrrole nitrogens is 1. The lowest BCUT2D eigenvalue weighted by Crippen LogP contribution is -1.90. The van der Waals surface area contributed by atoms with Crippen LogP contribution in [0.2, 0.25) is 0 Å². The average molecular weight is 390 g/mol. The van der Waals surface area contributed by atoms with Crippen molar-refractivity contribution in [2.24, 2.45) is 0 Å². The third-order valence-corrected chi connectivity index (χ3v) is 6.04. The average Bonchev–Trinajstić information content (AvgIpc) is 3.17. The predicted molar refractivity (Wildman–Crippen MR) is 123 cm³/mol. The smallest absolute Gasteiger partial charge is 0.166 e. The zero-order valence-corrected chi connectivity index (χ0v) is 18.8. The molecule has 0 saturated heterocycles. The standard InChI is InChI=1S/C26H47NO/c1-2-3-4-5-6-7-8-9-10-11-12-13-14-15-16-17-18-19-20-21-25-22-23-27-26(25)24-28/h22-24,27H,2-21H2,1H3. The molecule has 0 radical (unpaired) electrons. The van der Waals surface area contributed by atoms with Gasteiger partial charge in [-0.15, -0.1) is 0 Å². The van der Waals surface area contributed by atoms with Gasteiger partial charge in [0, 0.05) is 6.20 Å². The van der Waals surface area contributed by atoms with E-state index in [0.29, 0.717) is 0 Å². The van der Waals surface area contributed by atoms with Crippen LogP contribution in [0.1, 0.15) is 145 Å². The van der Waals surface area contributed by atoms with Crippen LogP contribution in [-0.2, 0) is 6.42 Å². The van der Waals surface area contributed by atoms with Crippen molar-refractivity contribution < 1.29 is 4.79 Å². The Labute approximate surface area is 175 Å². The van der Waals surface area contributed by atoms with E-state index in [1.165, 1.54) is 128 Å². The highest BCUT2D eigenvalue weighted by molar-refractivity contribution is 5.74. The zero-order valence-electron chi connectivity index (χ0n) is 18.8. The number of aldehydes is 1. The van der Waals surface area contributed by atoms with Crippen LogP contribution in [0.4, 0.5) is 0 Å². The minimum absolute atomic E-state index is 0.766. The van der Waals surface area contributed by atoms with Crippen LogP contribution in [0.3, 0.4) is 0 Å². The minimum Gasteiger partial charge on any atom is -0.359 e. The van der Waals surface area contributed by atoms with E-state index in [0.717, 1.165) is 18.4 Å². The summed E-state index contributed by atoms with van der Waals surface area (Å²) in [6.45, 7) is 2.29. The van der Waals surface area contributed by atoms with Gasteiger partial charge in [0.2, 0.25) is 0 Å². The molecule has 0 unspecified atom stereocenters. The lowest BCUT2D eigenvalue weighted by atomic mass is 10.0. The molecule has 1 heterocycles. The second-order valence-electron chi connectivity index (χ2n) is 8.65. The molecule has 0 amide bonds. The van der Waals surface area contributed by atoms with Crippen LogP contribution >= 0.6 is 0 Å². The van der Waals surface area contributed by atoms with E-state index >= 15 is 0 Å². The fourth-order valence-electron chi connectivity index (χ4n) is 4.14. The highest BCUT2D eigenvalue weighted by Gasteiger charge is 2.01. The molecular formula is C26H47NO. The van der Waals surface area contributed by atoms with Gasteiger partial charge < -0.3 is 4.98 Å². The molecule has 1 N–H and O–H groups in total. The van der Waals surface area contributed by atoms with Gasteiger partial charge >= 0.3 is 0 Å². The molecular weight excluding hydrogens is 342 g/mol. The largest absolute Gasteiger partial charge is 0.359 e. The highest BCUT2D eigenvalue weighted by atomic mass is 16.1. The third-order valence-electron chi connectivity index (χ3n) is 6.04. The summed E-state index contributed by atoms with van der Waals surface area (Å²) in [6.07, 6.45) is 30.7. The minimum atomic E-state index is 0.766. The van der Waals surface area contributed by atoms with Crippen LogP contribution in [0.5, 0.6) is 0 Å². The highest BCUT2D eigenvalue weighted by Crippen LogP contribution is 2.15. The quantitative estimate of drug-likeness (QED) is 0.165. The van der Waals surface area contributed by atoms with Gasteiger partial charge in [0.15, 0.2) is 6.29 Å². The Balaban J connectivity index is 1.71. The fraction of sp³-hybridized carbons (Fsp3) is 0.808. The third kappa shape index (κ3) is 14.0. The summed E-state index contributed by atoms with van der Waals surface area (Å²) in [5, 5.41) is 0. The first-order valence-corrected chi connectivity index (χ1v) is 12.5. The SMILES string of the molecule is CCCCCCCCCCCCCCCCCCCCCc1cc[nH]c1C=O. The number of carbonyl (C=O) groups is 1. The predicted octanol–water partition coefficient (Wildman–Crippen LogP) is 8.80. The van der Waals surface area contributed by atoms with Gasteiger partial charge in [-0.05, 0) is 24.5 Å².